The summed E-state index contributed by atoms with van der Waals surface area (Å²) in [5.74, 6) is 3.24. The van der Waals surface area contributed by atoms with Crippen molar-refractivity contribution in [2.45, 2.75) is 83.7 Å². The molecule has 1 saturated heterocycles. The van der Waals surface area contributed by atoms with E-state index in [1.54, 1.807) is 0 Å². The number of aromatic nitrogens is 3. The summed E-state index contributed by atoms with van der Waals surface area (Å²) in [5.41, 5.74) is 0. The molecule has 1 atom stereocenters. The monoisotopic (exact) mass is 389 g/mol. The van der Waals surface area contributed by atoms with Crippen LogP contribution in [0.2, 0.25) is 0 Å². The second-order valence-corrected chi connectivity index (χ2v) is 8.26. The molecule has 3 heterocycles. The first-order chi connectivity index (χ1) is 13.8. The molecule has 0 radical (unpaired) electrons. The number of guanidine groups is 1. The molecule has 0 saturated carbocycles. The largest absolute Gasteiger partial charge is 0.356 e. The molecule has 0 aliphatic carbocycles. The Hall–Kier alpha value is -1.63. The number of nitrogens with one attached hydrogen (secondary N) is 2. The number of hydrogen-bond donors (Lipinski definition) is 2. The lowest BCUT2D eigenvalue weighted by Gasteiger charge is -2.33. The van der Waals surface area contributed by atoms with Gasteiger partial charge in [0.2, 0.25) is 0 Å². The molecule has 28 heavy (non-hydrogen) atoms. The van der Waals surface area contributed by atoms with E-state index in [0.29, 0.717) is 0 Å². The number of aliphatic imine (C=N–C) groups is 1. The lowest BCUT2D eigenvalue weighted by atomic mass is 10.0. The highest BCUT2D eigenvalue weighted by Crippen LogP contribution is 2.16. The Morgan fingerprint density at radius 3 is 2.68 bits per heavy atom. The highest BCUT2D eigenvalue weighted by atomic mass is 15.3. The van der Waals surface area contributed by atoms with Crippen molar-refractivity contribution in [3.8, 4) is 0 Å². The van der Waals surface area contributed by atoms with Crippen LogP contribution in [-0.2, 0) is 19.4 Å². The Kier molecular flexibility index (Phi) is 8.58. The first kappa shape index (κ1) is 21.1. The van der Waals surface area contributed by atoms with Crippen molar-refractivity contribution in [3.63, 3.8) is 0 Å². The van der Waals surface area contributed by atoms with Gasteiger partial charge in [0.15, 0.2) is 5.96 Å². The van der Waals surface area contributed by atoms with Crippen LogP contribution in [0.4, 0.5) is 0 Å². The summed E-state index contributed by atoms with van der Waals surface area (Å²) in [6, 6.07) is 0.749. The molecular formula is C21H39N7. The van der Waals surface area contributed by atoms with E-state index >= 15 is 0 Å². The topological polar surface area (TPSA) is 70.4 Å². The summed E-state index contributed by atoms with van der Waals surface area (Å²) in [6.45, 7) is 7.78. The average Bonchev–Trinajstić information content (AvgIpc) is 2.94. The third-order valence-corrected chi connectivity index (χ3v) is 6.13. The molecule has 158 valence electrons. The fraction of sp³-hybridized carbons (Fsp3) is 0.857. The van der Waals surface area contributed by atoms with Gasteiger partial charge in [-0.25, -0.2) is 0 Å². The van der Waals surface area contributed by atoms with Crippen LogP contribution < -0.4 is 10.6 Å². The van der Waals surface area contributed by atoms with Gasteiger partial charge in [0, 0.05) is 52.1 Å². The van der Waals surface area contributed by atoms with Gasteiger partial charge in [-0.2, -0.15) is 0 Å². The summed E-state index contributed by atoms with van der Waals surface area (Å²) < 4.78 is 2.35. The Labute approximate surface area is 170 Å². The Bertz CT molecular complexity index is 610. The molecule has 1 unspecified atom stereocenters. The summed E-state index contributed by atoms with van der Waals surface area (Å²) in [6.07, 6.45) is 12.2. The zero-order valence-corrected chi connectivity index (χ0v) is 17.9. The van der Waals surface area contributed by atoms with Crippen LogP contribution in [-0.4, -0.2) is 64.9 Å². The number of rotatable bonds is 8. The molecule has 7 nitrogen and oxygen atoms in total. The lowest BCUT2D eigenvalue weighted by Crippen LogP contribution is -2.41. The van der Waals surface area contributed by atoms with Crippen molar-refractivity contribution in [2.75, 3.05) is 33.2 Å². The predicted octanol–water partition coefficient (Wildman–Crippen LogP) is 2.37. The maximum Gasteiger partial charge on any atom is 0.190 e. The normalized spacial score (nSPS) is 21.2. The van der Waals surface area contributed by atoms with Crippen molar-refractivity contribution < 1.29 is 0 Å². The predicted molar refractivity (Wildman–Crippen MR) is 115 cm³/mol. The quantitative estimate of drug-likeness (QED) is 0.406. The van der Waals surface area contributed by atoms with Crippen molar-refractivity contribution in [1.82, 2.24) is 30.3 Å². The van der Waals surface area contributed by atoms with E-state index in [9.17, 15) is 0 Å². The van der Waals surface area contributed by atoms with E-state index < -0.39 is 0 Å². The van der Waals surface area contributed by atoms with Gasteiger partial charge >= 0.3 is 0 Å². The summed E-state index contributed by atoms with van der Waals surface area (Å²) >= 11 is 0. The van der Waals surface area contributed by atoms with Crippen molar-refractivity contribution in [1.29, 1.82) is 0 Å². The molecule has 0 amide bonds. The minimum Gasteiger partial charge on any atom is -0.356 e. The molecule has 2 N–H and O–H groups in total. The van der Waals surface area contributed by atoms with Crippen LogP contribution >= 0.6 is 0 Å². The van der Waals surface area contributed by atoms with Gasteiger partial charge in [-0.15, -0.1) is 10.2 Å². The molecule has 0 spiro atoms. The standard InChI is InChI=1S/C21H39N7/c1-18-10-5-7-15-27(18)16-9-14-24-21(22-2)23-13-8-12-20-26-25-19-11-4-3-6-17-28(19)20/h18H,3-17H2,1-2H3,(H2,22,23,24). The lowest BCUT2D eigenvalue weighted by molar-refractivity contribution is 0.159. The second kappa shape index (κ2) is 11.4. The first-order valence-corrected chi connectivity index (χ1v) is 11.4. The number of piperidine rings is 1. The summed E-state index contributed by atoms with van der Waals surface area (Å²) in [7, 11) is 1.85. The molecule has 3 rings (SSSR count). The molecule has 0 aromatic carbocycles. The molecule has 1 aromatic rings. The van der Waals surface area contributed by atoms with Gasteiger partial charge in [0.1, 0.15) is 11.6 Å². The average molecular weight is 390 g/mol. The Morgan fingerprint density at radius 1 is 1.04 bits per heavy atom. The van der Waals surface area contributed by atoms with E-state index in [1.165, 1.54) is 57.4 Å². The van der Waals surface area contributed by atoms with Crippen LogP contribution in [0.1, 0.15) is 69.9 Å². The van der Waals surface area contributed by atoms with Gasteiger partial charge in [0.05, 0.1) is 0 Å². The maximum absolute atomic E-state index is 4.42. The van der Waals surface area contributed by atoms with Crippen molar-refractivity contribution in [2.24, 2.45) is 4.99 Å². The van der Waals surface area contributed by atoms with Gasteiger partial charge in [-0.05, 0) is 52.0 Å². The van der Waals surface area contributed by atoms with Gasteiger partial charge in [-0.3, -0.25) is 4.99 Å². The van der Waals surface area contributed by atoms with Crippen LogP contribution in [0.25, 0.3) is 0 Å². The summed E-state index contributed by atoms with van der Waals surface area (Å²) in [5, 5.41) is 15.7. The highest BCUT2D eigenvalue weighted by molar-refractivity contribution is 5.79. The SMILES string of the molecule is CN=C(NCCCc1nnc2n1CCCCC2)NCCCN1CCCCC1C. The number of nitrogens with zero attached hydrogens (tertiary/aromatic N) is 5. The van der Waals surface area contributed by atoms with E-state index in [-0.39, 0.29) is 0 Å². The fourth-order valence-corrected chi connectivity index (χ4v) is 4.38. The van der Waals surface area contributed by atoms with Gasteiger partial charge in [-0.1, -0.05) is 12.8 Å². The second-order valence-electron chi connectivity index (χ2n) is 8.26. The van der Waals surface area contributed by atoms with Gasteiger partial charge < -0.3 is 20.1 Å². The highest BCUT2D eigenvalue weighted by Gasteiger charge is 2.17. The Morgan fingerprint density at radius 2 is 1.86 bits per heavy atom. The molecule has 1 aromatic heterocycles. The van der Waals surface area contributed by atoms with E-state index in [2.05, 4.69) is 42.2 Å². The third kappa shape index (κ3) is 6.19. The zero-order valence-electron chi connectivity index (χ0n) is 17.9. The Balaban J connectivity index is 1.30. The molecular weight excluding hydrogens is 350 g/mol. The third-order valence-electron chi connectivity index (χ3n) is 6.13. The van der Waals surface area contributed by atoms with Gasteiger partial charge in [0.25, 0.3) is 0 Å². The van der Waals surface area contributed by atoms with Crippen LogP contribution in [0.3, 0.4) is 0 Å². The minimum atomic E-state index is 0.749. The fourth-order valence-electron chi connectivity index (χ4n) is 4.38. The number of aryl methyl sites for hydroxylation is 2. The molecule has 0 bridgehead atoms. The minimum absolute atomic E-state index is 0.749. The van der Waals surface area contributed by atoms with Crippen LogP contribution in [0.15, 0.2) is 4.99 Å². The molecule has 2 aliphatic heterocycles. The summed E-state index contributed by atoms with van der Waals surface area (Å²) in [4.78, 5) is 6.98. The number of fused-ring (bicyclic) bond motifs is 1. The van der Waals surface area contributed by atoms with Crippen LogP contribution in [0.5, 0.6) is 0 Å². The maximum atomic E-state index is 4.42. The van der Waals surface area contributed by atoms with E-state index in [0.717, 1.165) is 63.1 Å². The number of likely N-dealkylation sites (tertiary alicyclic amines) is 1. The van der Waals surface area contributed by atoms with E-state index in [1.807, 2.05) is 7.05 Å². The molecule has 7 heteroatoms. The van der Waals surface area contributed by atoms with E-state index in [4.69, 9.17) is 0 Å². The van der Waals surface area contributed by atoms with Crippen molar-refractivity contribution >= 4 is 5.96 Å². The smallest absolute Gasteiger partial charge is 0.190 e. The number of hydrogen-bond acceptors (Lipinski definition) is 4. The van der Waals surface area contributed by atoms with Crippen LogP contribution in [0, 0.1) is 0 Å². The zero-order chi connectivity index (χ0) is 19.6. The van der Waals surface area contributed by atoms with Crippen molar-refractivity contribution in [3.05, 3.63) is 11.6 Å². The first-order valence-electron chi connectivity index (χ1n) is 11.4. The molecule has 1 fully saturated rings. The molecule has 2 aliphatic rings.